The molecule has 2 heterocycles. The molecule has 1 fully saturated rings. The molecular formula is C14H17Cl2N3O. The van der Waals surface area contributed by atoms with Crippen LogP contribution in [0.3, 0.4) is 0 Å². The molecule has 1 aromatic heterocycles. The number of hydrogen-bond donors (Lipinski definition) is 1. The Hall–Kier alpha value is -0.810. The van der Waals surface area contributed by atoms with E-state index < -0.39 is 0 Å². The molecule has 3 rings (SSSR count). The lowest BCUT2D eigenvalue weighted by molar-refractivity contribution is 0.171. The first-order valence-electron chi connectivity index (χ1n) is 6.76. The number of fused-ring (bicyclic) bond motifs is 1. The topological polar surface area (TPSA) is 39.1 Å². The van der Waals surface area contributed by atoms with E-state index in [1.54, 1.807) is 7.11 Å². The molecule has 20 heavy (non-hydrogen) atoms. The molecule has 0 spiro atoms. The normalized spacial score (nSPS) is 16.9. The van der Waals surface area contributed by atoms with E-state index >= 15 is 0 Å². The molecule has 6 heteroatoms. The van der Waals surface area contributed by atoms with Gasteiger partial charge in [0.2, 0.25) is 0 Å². The van der Waals surface area contributed by atoms with Gasteiger partial charge in [-0.1, -0.05) is 23.2 Å². The monoisotopic (exact) mass is 313 g/mol. The summed E-state index contributed by atoms with van der Waals surface area (Å²) in [5.74, 6) is 0.938. The summed E-state index contributed by atoms with van der Waals surface area (Å²) in [6.07, 6.45) is 2.17. The summed E-state index contributed by atoms with van der Waals surface area (Å²) in [7, 11) is 1.69. The number of halogens is 2. The molecule has 0 aliphatic carbocycles. The van der Waals surface area contributed by atoms with Gasteiger partial charge in [0.25, 0.3) is 0 Å². The fourth-order valence-corrected chi connectivity index (χ4v) is 3.16. The van der Waals surface area contributed by atoms with E-state index in [1.165, 1.54) is 0 Å². The fraction of sp³-hybridized carbons (Fsp3) is 0.500. The van der Waals surface area contributed by atoms with E-state index in [0.717, 1.165) is 42.8 Å². The van der Waals surface area contributed by atoms with Crippen molar-refractivity contribution in [3.05, 3.63) is 28.0 Å². The van der Waals surface area contributed by atoms with Gasteiger partial charge in [-0.15, -0.1) is 0 Å². The third-order valence-corrected chi connectivity index (χ3v) is 4.47. The van der Waals surface area contributed by atoms with Crippen molar-refractivity contribution in [1.29, 1.82) is 0 Å². The van der Waals surface area contributed by atoms with E-state index in [2.05, 4.69) is 14.9 Å². The minimum atomic E-state index is 0.434. The average Bonchev–Trinajstić information content (AvgIpc) is 2.78. The Morgan fingerprint density at radius 1 is 1.30 bits per heavy atom. The third-order valence-electron chi connectivity index (χ3n) is 3.75. The summed E-state index contributed by atoms with van der Waals surface area (Å²) >= 11 is 12.3. The number of nitrogens with one attached hydrogen (secondary N) is 1. The van der Waals surface area contributed by atoms with E-state index in [-0.39, 0.29) is 0 Å². The van der Waals surface area contributed by atoms with Crippen molar-refractivity contribution >= 4 is 34.2 Å². The molecule has 2 aromatic rings. The van der Waals surface area contributed by atoms with Gasteiger partial charge in [0.15, 0.2) is 0 Å². The zero-order valence-electron chi connectivity index (χ0n) is 11.3. The lowest BCUT2D eigenvalue weighted by Crippen LogP contribution is -2.30. The summed E-state index contributed by atoms with van der Waals surface area (Å²) in [6, 6.07) is 4.17. The number of benzene rings is 1. The maximum Gasteiger partial charge on any atom is 0.136 e. The molecule has 108 valence electrons. The molecule has 0 bridgehead atoms. The lowest BCUT2D eigenvalue weighted by atomic mass is 10.1. The first-order chi connectivity index (χ1) is 9.70. The maximum absolute atomic E-state index is 6.17. The third kappa shape index (κ3) is 2.53. The van der Waals surface area contributed by atoms with Crippen LogP contribution in [0.2, 0.25) is 10.0 Å². The maximum atomic E-state index is 6.17. The summed E-state index contributed by atoms with van der Waals surface area (Å²) in [5.41, 5.74) is 1.92. The van der Waals surface area contributed by atoms with Gasteiger partial charge >= 0.3 is 0 Å². The van der Waals surface area contributed by atoms with Crippen LogP contribution in [0.5, 0.6) is 0 Å². The lowest BCUT2D eigenvalue weighted by Gasteiger charge is -2.26. The Balaban J connectivity index is 2.14. The van der Waals surface area contributed by atoms with Crippen molar-refractivity contribution in [3.8, 4) is 0 Å². The molecule has 1 saturated heterocycles. The number of nitrogens with zero attached hydrogens (tertiary/aromatic N) is 2. The largest absolute Gasteiger partial charge is 0.377 e. The van der Waals surface area contributed by atoms with Crippen LogP contribution < -0.4 is 5.32 Å². The zero-order chi connectivity index (χ0) is 14.1. The molecule has 0 unspecified atom stereocenters. The molecule has 0 radical (unpaired) electrons. The summed E-state index contributed by atoms with van der Waals surface area (Å²) in [5, 5.41) is 4.49. The van der Waals surface area contributed by atoms with Gasteiger partial charge < -0.3 is 14.6 Å². The van der Waals surface area contributed by atoms with Gasteiger partial charge in [-0.3, -0.25) is 0 Å². The number of hydrogen-bond acceptors (Lipinski definition) is 3. The van der Waals surface area contributed by atoms with Gasteiger partial charge in [0, 0.05) is 13.2 Å². The van der Waals surface area contributed by atoms with Crippen molar-refractivity contribution < 1.29 is 4.74 Å². The molecule has 1 aliphatic rings. The zero-order valence-corrected chi connectivity index (χ0v) is 12.8. The SMILES string of the molecule is COCc1nc2cc(Cl)c(Cl)cc2n1C1CCNCC1. The molecule has 4 nitrogen and oxygen atoms in total. The quantitative estimate of drug-likeness (QED) is 0.943. The van der Waals surface area contributed by atoms with Crippen molar-refractivity contribution in [1.82, 2.24) is 14.9 Å². The van der Waals surface area contributed by atoms with Gasteiger partial charge in [-0.05, 0) is 38.1 Å². The van der Waals surface area contributed by atoms with Crippen molar-refractivity contribution in [2.45, 2.75) is 25.5 Å². The van der Waals surface area contributed by atoms with Crippen molar-refractivity contribution in [3.63, 3.8) is 0 Å². The minimum Gasteiger partial charge on any atom is -0.377 e. The summed E-state index contributed by atoms with van der Waals surface area (Å²) < 4.78 is 7.55. The highest BCUT2D eigenvalue weighted by Crippen LogP contribution is 2.32. The predicted molar refractivity (Wildman–Crippen MR) is 81.6 cm³/mol. The Labute approximate surface area is 128 Å². The first kappa shape index (κ1) is 14.1. The highest BCUT2D eigenvalue weighted by Gasteiger charge is 2.21. The van der Waals surface area contributed by atoms with Crippen LogP contribution >= 0.6 is 23.2 Å². The van der Waals surface area contributed by atoms with Crippen LogP contribution in [-0.2, 0) is 11.3 Å². The Morgan fingerprint density at radius 3 is 2.70 bits per heavy atom. The molecule has 0 amide bonds. The number of imidazole rings is 1. The molecular weight excluding hydrogens is 297 g/mol. The van der Waals surface area contributed by atoms with Gasteiger partial charge in [0.1, 0.15) is 12.4 Å². The van der Waals surface area contributed by atoms with Crippen LogP contribution in [0.1, 0.15) is 24.7 Å². The minimum absolute atomic E-state index is 0.434. The molecule has 1 N–H and O–H groups in total. The fourth-order valence-electron chi connectivity index (χ4n) is 2.84. The van der Waals surface area contributed by atoms with Crippen LogP contribution in [0.15, 0.2) is 12.1 Å². The van der Waals surface area contributed by atoms with Crippen LogP contribution in [0.25, 0.3) is 11.0 Å². The molecule has 1 aliphatic heterocycles. The Kier molecular flexibility index (Phi) is 4.17. The van der Waals surface area contributed by atoms with Gasteiger partial charge in [0.05, 0.1) is 21.1 Å². The standard InChI is InChI=1S/C14H17Cl2N3O/c1-20-8-14-18-12-6-10(15)11(16)7-13(12)19(14)9-2-4-17-5-3-9/h6-7,9,17H,2-5,8H2,1H3. The summed E-state index contributed by atoms with van der Waals surface area (Å²) in [4.78, 5) is 4.65. The second kappa shape index (κ2) is 5.90. The summed E-state index contributed by atoms with van der Waals surface area (Å²) in [6.45, 7) is 2.55. The molecule has 0 saturated carbocycles. The smallest absolute Gasteiger partial charge is 0.136 e. The van der Waals surface area contributed by atoms with Crippen molar-refractivity contribution in [2.24, 2.45) is 0 Å². The molecule has 1 aromatic carbocycles. The van der Waals surface area contributed by atoms with Gasteiger partial charge in [-0.25, -0.2) is 4.98 Å². The number of rotatable bonds is 3. The van der Waals surface area contributed by atoms with Crippen LogP contribution in [0, 0.1) is 0 Å². The van der Waals surface area contributed by atoms with E-state index in [4.69, 9.17) is 27.9 Å². The number of methoxy groups -OCH3 is 1. The molecule has 0 atom stereocenters. The van der Waals surface area contributed by atoms with E-state index in [1.807, 2.05) is 12.1 Å². The number of aromatic nitrogens is 2. The van der Waals surface area contributed by atoms with E-state index in [0.29, 0.717) is 22.7 Å². The Bertz CT molecular complexity index is 620. The van der Waals surface area contributed by atoms with Crippen LogP contribution in [0.4, 0.5) is 0 Å². The van der Waals surface area contributed by atoms with E-state index in [9.17, 15) is 0 Å². The van der Waals surface area contributed by atoms with Crippen LogP contribution in [-0.4, -0.2) is 29.8 Å². The second-order valence-corrected chi connectivity index (χ2v) is 5.88. The highest BCUT2D eigenvalue weighted by atomic mass is 35.5. The highest BCUT2D eigenvalue weighted by molar-refractivity contribution is 6.42. The number of ether oxygens (including phenoxy) is 1. The predicted octanol–water partition coefficient (Wildman–Crippen LogP) is 3.41. The second-order valence-electron chi connectivity index (χ2n) is 5.07. The first-order valence-corrected chi connectivity index (χ1v) is 7.52. The number of piperidine rings is 1. The van der Waals surface area contributed by atoms with Crippen molar-refractivity contribution in [2.75, 3.05) is 20.2 Å². The van der Waals surface area contributed by atoms with Gasteiger partial charge in [-0.2, -0.15) is 0 Å². The average molecular weight is 314 g/mol. The Morgan fingerprint density at radius 2 is 2.00 bits per heavy atom.